The second-order valence-corrected chi connectivity index (χ2v) is 5.70. The Labute approximate surface area is 114 Å². The highest BCUT2D eigenvalue weighted by Crippen LogP contribution is 2.18. The van der Waals surface area contributed by atoms with Crippen LogP contribution in [0.25, 0.3) is 0 Å². The van der Waals surface area contributed by atoms with Crippen molar-refractivity contribution in [2.75, 3.05) is 13.1 Å². The predicted molar refractivity (Wildman–Crippen MR) is 77.3 cm³/mol. The third-order valence-corrected chi connectivity index (χ3v) is 2.81. The zero-order valence-corrected chi connectivity index (χ0v) is 12.1. The highest BCUT2D eigenvalue weighted by atomic mass is 16.6. The molecule has 0 radical (unpaired) electrons. The lowest BCUT2D eigenvalue weighted by molar-refractivity contribution is -0.384. The maximum atomic E-state index is 10.7. The van der Waals surface area contributed by atoms with Gasteiger partial charge in [0.05, 0.1) is 4.92 Å². The molecule has 1 aromatic carbocycles. The molecule has 1 atom stereocenters. The van der Waals surface area contributed by atoms with Gasteiger partial charge in [-0.15, -0.1) is 0 Å². The molecule has 0 aliphatic carbocycles. The van der Waals surface area contributed by atoms with Crippen LogP contribution in [0, 0.1) is 10.1 Å². The van der Waals surface area contributed by atoms with Crippen molar-refractivity contribution in [1.29, 1.82) is 0 Å². The minimum atomic E-state index is -0.364. The van der Waals surface area contributed by atoms with Crippen LogP contribution in [-0.2, 0) is 0 Å². The van der Waals surface area contributed by atoms with Gasteiger partial charge in [0, 0.05) is 36.8 Å². The van der Waals surface area contributed by atoms with E-state index < -0.39 is 0 Å². The fourth-order valence-electron chi connectivity index (χ4n) is 1.75. The van der Waals surface area contributed by atoms with Crippen LogP contribution >= 0.6 is 0 Å². The van der Waals surface area contributed by atoms with E-state index in [4.69, 9.17) is 0 Å². The largest absolute Gasteiger partial charge is 0.311 e. The molecule has 0 heterocycles. The maximum absolute atomic E-state index is 10.7. The fraction of sp³-hybridized carbons (Fsp3) is 0.571. The number of benzene rings is 1. The Morgan fingerprint density at radius 2 is 2.00 bits per heavy atom. The lowest BCUT2D eigenvalue weighted by Gasteiger charge is -2.21. The molecule has 0 amide bonds. The van der Waals surface area contributed by atoms with E-state index in [1.807, 2.05) is 13.0 Å². The van der Waals surface area contributed by atoms with Gasteiger partial charge in [0.15, 0.2) is 0 Å². The Balaban J connectivity index is 2.47. The second-order valence-electron chi connectivity index (χ2n) is 5.70. The van der Waals surface area contributed by atoms with Gasteiger partial charge in [0.1, 0.15) is 0 Å². The average Bonchev–Trinajstić information content (AvgIpc) is 2.33. The molecule has 0 saturated carbocycles. The standard InChI is InChI=1S/C14H23N3O2/c1-11(15-8-9-16-14(2,3)4)12-6-5-7-13(10-12)17(18)19/h5-7,10-11,15-16H,8-9H2,1-4H3. The van der Waals surface area contributed by atoms with Gasteiger partial charge in [-0.3, -0.25) is 10.1 Å². The third kappa shape index (κ3) is 5.81. The van der Waals surface area contributed by atoms with Crippen LogP contribution in [0.1, 0.15) is 39.3 Å². The molecule has 0 aliphatic rings. The van der Waals surface area contributed by atoms with Crippen LogP contribution in [0.2, 0.25) is 0 Å². The molecule has 2 N–H and O–H groups in total. The number of nitro groups is 1. The summed E-state index contributed by atoms with van der Waals surface area (Å²) in [6.07, 6.45) is 0. The van der Waals surface area contributed by atoms with Crippen LogP contribution in [0.3, 0.4) is 0 Å². The van der Waals surface area contributed by atoms with E-state index in [0.717, 1.165) is 18.7 Å². The van der Waals surface area contributed by atoms with E-state index in [2.05, 4.69) is 31.4 Å². The molecule has 0 aliphatic heterocycles. The van der Waals surface area contributed by atoms with Gasteiger partial charge in [0.25, 0.3) is 5.69 Å². The number of hydrogen-bond donors (Lipinski definition) is 2. The summed E-state index contributed by atoms with van der Waals surface area (Å²) < 4.78 is 0. The van der Waals surface area contributed by atoms with Gasteiger partial charge < -0.3 is 10.6 Å². The van der Waals surface area contributed by atoms with Crippen molar-refractivity contribution in [3.8, 4) is 0 Å². The van der Waals surface area contributed by atoms with Crippen LogP contribution in [0.15, 0.2) is 24.3 Å². The van der Waals surface area contributed by atoms with Gasteiger partial charge in [0.2, 0.25) is 0 Å². The van der Waals surface area contributed by atoms with Crippen molar-refractivity contribution in [2.24, 2.45) is 0 Å². The van der Waals surface area contributed by atoms with Crippen molar-refractivity contribution in [3.63, 3.8) is 0 Å². The van der Waals surface area contributed by atoms with E-state index in [1.165, 1.54) is 6.07 Å². The minimum absolute atomic E-state index is 0.0988. The molecule has 0 fully saturated rings. The molecule has 0 bridgehead atoms. The summed E-state index contributed by atoms with van der Waals surface area (Å²) in [5.41, 5.74) is 1.18. The average molecular weight is 265 g/mol. The first-order chi connectivity index (χ1) is 8.79. The highest BCUT2D eigenvalue weighted by Gasteiger charge is 2.11. The number of rotatable bonds is 6. The highest BCUT2D eigenvalue weighted by molar-refractivity contribution is 5.35. The third-order valence-electron chi connectivity index (χ3n) is 2.81. The normalized spacial score (nSPS) is 13.3. The van der Waals surface area contributed by atoms with Crippen molar-refractivity contribution < 1.29 is 4.92 Å². The Bertz CT molecular complexity index is 427. The lowest BCUT2D eigenvalue weighted by Crippen LogP contribution is -2.40. The number of nitrogens with one attached hydrogen (secondary N) is 2. The summed E-state index contributed by atoms with van der Waals surface area (Å²) in [5, 5.41) is 17.5. The summed E-state index contributed by atoms with van der Waals surface area (Å²) in [5.74, 6) is 0. The number of nitro benzene ring substituents is 1. The molecule has 0 aromatic heterocycles. The van der Waals surface area contributed by atoms with Crippen molar-refractivity contribution >= 4 is 5.69 Å². The minimum Gasteiger partial charge on any atom is -0.311 e. The number of nitrogens with zero attached hydrogens (tertiary/aromatic N) is 1. The molecule has 19 heavy (non-hydrogen) atoms. The van der Waals surface area contributed by atoms with E-state index in [-0.39, 0.29) is 22.2 Å². The predicted octanol–water partition coefficient (Wildman–Crippen LogP) is 2.63. The Morgan fingerprint density at radius 1 is 1.32 bits per heavy atom. The van der Waals surface area contributed by atoms with E-state index >= 15 is 0 Å². The Hall–Kier alpha value is -1.46. The summed E-state index contributed by atoms with van der Waals surface area (Å²) in [4.78, 5) is 10.4. The van der Waals surface area contributed by atoms with Crippen molar-refractivity contribution in [3.05, 3.63) is 39.9 Å². The van der Waals surface area contributed by atoms with Gasteiger partial charge in [-0.25, -0.2) is 0 Å². The molecule has 0 saturated heterocycles. The van der Waals surface area contributed by atoms with Crippen molar-refractivity contribution in [2.45, 2.75) is 39.3 Å². The smallest absolute Gasteiger partial charge is 0.269 e. The summed E-state index contributed by atoms with van der Waals surface area (Å²) in [6, 6.07) is 6.86. The van der Waals surface area contributed by atoms with Gasteiger partial charge in [-0.2, -0.15) is 0 Å². The zero-order valence-electron chi connectivity index (χ0n) is 12.1. The Kier molecular flexibility index (Phi) is 5.44. The summed E-state index contributed by atoms with van der Waals surface area (Å²) in [7, 11) is 0. The lowest BCUT2D eigenvalue weighted by atomic mass is 10.1. The van der Waals surface area contributed by atoms with Gasteiger partial charge in [-0.1, -0.05) is 12.1 Å². The molecule has 1 unspecified atom stereocenters. The fourth-order valence-corrected chi connectivity index (χ4v) is 1.75. The summed E-state index contributed by atoms with van der Waals surface area (Å²) in [6.45, 7) is 10.1. The van der Waals surface area contributed by atoms with Crippen molar-refractivity contribution in [1.82, 2.24) is 10.6 Å². The molecule has 1 rings (SSSR count). The number of hydrogen-bond acceptors (Lipinski definition) is 4. The molecule has 1 aromatic rings. The molecule has 5 nitrogen and oxygen atoms in total. The summed E-state index contributed by atoms with van der Waals surface area (Å²) >= 11 is 0. The quantitative estimate of drug-likeness (QED) is 0.471. The van der Waals surface area contributed by atoms with Gasteiger partial charge >= 0.3 is 0 Å². The topological polar surface area (TPSA) is 67.2 Å². The van der Waals surface area contributed by atoms with E-state index in [1.54, 1.807) is 12.1 Å². The SMILES string of the molecule is CC(NCCNC(C)(C)C)c1cccc([N+](=O)[O-])c1. The molecule has 0 spiro atoms. The monoisotopic (exact) mass is 265 g/mol. The van der Waals surface area contributed by atoms with Crippen LogP contribution in [0.4, 0.5) is 5.69 Å². The zero-order chi connectivity index (χ0) is 14.5. The van der Waals surface area contributed by atoms with E-state index in [0.29, 0.717) is 0 Å². The molecule has 106 valence electrons. The first-order valence-corrected chi connectivity index (χ1v) is 6.52. The molecular weight excluding hydrogens is 242 g/mol. The molecular formula is C14H23N3O2. The first kappa shape index (κ1) is 15.6. The van der Waals surface area contributed by atoms with Crippen LogP contribution in [-0.4, -0.2) is 23.6 Å². The number of non-ortho nitro benzene ring substituents is 1. The molecule has 5 heteroatoms. The van der Waals surface area contributed by atoms with Gasteiger partial charge in [-0.05, 0) is 33.3 Å². The van der Waals surface area contributed by atoms with E-state index in [9.17, 15) is 10.1 Å². The maximum Gasteiger partial charge on any atom is 0.269 e. The van der Waals surface area contributed by atoms with Crippen LogP contribution < -0.4 is 10.6 Å². The van der Waals surface area contributed by atoms with Crippen LogP contribution in [0.5, 0.6) is 0 Å². The first-order valence-electron chi connectivity index (χ1n) is 6.52. The second kappa shape index (κ2) is 6.63. The Morgan fingerprint density at radius 3 is 2.58 bits per heavy atom.